The number of aryl methyl sites for hydroxylation is 1. The zero-order chi connectivity index (χ0) is 13.8. The van der Waals surface area contributed by atoms with Crippen molar-refractivity contribution >= 4 is 33.7 Å². The van der Waals surface area contributed by atoms with E-state index in [0.29, 0.717) is 11.6 Å². The molecule has 3 N–H and O–H groups in total. The number of thiophene rings is 1. The lowest BCUT2D eigenvalue weighted by Crippen LogP contribution is -2.08. The molecule has 0 amide bonds. The van der Waals surface area contributed by atoms with Crippen molar-refractivity contribution in [1.82, 2.24) is 4.37 Å². The Labute approximate surface area is 121 Å². The highest BCUT2D eigenvalue weighted by Crippen LogP contribution is 2.36. The van der Waals surface area contributed by atoms with Gasteiger partial charge >= 0.3 is 0 Å². The van der Waals surface area contributed by atoms with Gasteiger partial charge in [0.1, 0.15) is 0 Å². The first-order chi connectivity index (χ1) is 9.10. The van der Waals surface area contributed by atoms with Crippen molar-refractivity contribution in [3.8, 4) is 5.75 Å². The van der Waals surface area contributed by atoms with Crippen LogP contribution in [0, 0.1) is 0 Å². The molecule has 19 heavy (non-hydrogen) atoms. The highest BCUT2D eigenvalue weighted by atomic mass is 32.1. The Kier molecular flexibility index (Phi) is 4.66. The zero-order valence-corrected chi connectivity index (χ0v) is 13.0. The van der Waals surface area contributed by atoms with Gasteiger partial charge in [-0.15, -0.1) is 11.3 Å². The second kappa shape index (κ2) is 6.25. The minimum absolute atomic E-state index is 0.0904. The lowest BCUT2D eigenvalue weighted by molar-refractivity contribution is 0.245. The van der Waals surface area contributed by atoms with Gasteiger partial charge in [-0.1, -0.05) is 6.92 Å². The van der Waals surface area contributed by atoms with Crippen LogP contribution in [0.3, 0.4) is 0 Å². The van der Waals surface area contributed by atoms with E-state index < -0.39 is 0 Å². The smallest absolute Gasteiger partial charge is 0.197 e. The van der Waals surface area contributed by atoms with E-state index in [2.05, 4.69) is 28.7 Å². The maximum absolute atomic E-state index is 5.82. The molecule has 2 aromatic heterocycles. The summed E-state index contributed by atoms with van der Waals surface area (Å²) < 4.78 is 9.83. The van der Waals surface area contributed by atoms with E-state index in [4.69, 9.17) is 10.5 Å². The summed E-state index contributed by atoms with van der Waals surface area (Å²) >= 11 is 3.17. The average molecular weight is 297 g/mol. The molecule has 0 aliphatic rings. The predicted octanol–water partition coefficient (Wildman–Crippen LogP) is 3.75. The summed E-state index contributed by atoms with van der Waals surface area (Å²) in [6.45, 7) is 6.91. The molecule has 0 spiro atoms. The Bertz CT molecular complexity index is 534. The molecule has 0 bridgehead atoms. The molecule has 0 atom stereocenters. The molecule has 0 saturated carbocycles. The van der Waals surface area contributed by atoms with Crippen LogP contribution in [-0.4, -0.2) is 10.5 Å². The van der Waals surface area contributed by atoms with Crippen molar-refractivity contribution in [3.63, 3.8) is 0 Å². The molecular weight excluding hydrogens is 278 g/mol. The second-order valence-corrected chi connectivity index (χ2v) is 6.49. The van der Waals surface area contributed by atoms with Crippen LogP contribution in [0.1, 0.15) is 30.5 Å². The average Bonchev–Trinajstić information content (AvgIpc) is 2.95. The van der Waals surface area contributed by atoms with E-state index >= 15 is 0 Å². The fourth-order valence-corrected chi connectivity index (χ4v) is 3.17. The number of hydrogen-bond donors (Lipinski definition) is 2. The van der Waals surface area contributed by atoms with Crippen molar-refractivity contribution in [2.24, 2.45) is 0 Å². The van der Waals surface area contributed by atoms with E-state index in [1.54, 1.807) is 0 Å². The van der Waals surface area contributed by atoms with Crippen LogP contribution < -0.4 is 15.8 Å². The van der Waals surface area contributed by atoms with Gasteiger partial charge in [-0.3, -0.25) is 0 Å². The Hall–Kier alpha value is -1.27. The van der Waals surface area contributed by atoms with Crippen LogP contribution in [0.4, 0.5) is 10.8 Å². The molecule has 0 aromatic carbocycles. The van der Waals surface area contributed by atoms with Gasteiger partial charge in [0, 0.05) is 9.75 Å². The van der Waals surface area contributed by atoms with Crippen LogP contribution in [0.2, 0.25) is 0 Å². The van der Waals surface area contributed by atoms with Crippen LogP contribution in [0.5, 0.6) is 5.75 Å². The maximum Gasteiger partial charge on any atom is 0.197 e. The Morgan fingerprint density at radius 2 is 2.11 bits per heavy atom. The Morgan fingerprint density at radius 1 is 1.37 bits per heavy atom. The Balaban J connectivity index is 2.02. The lowest BCUT2D eigenvalue weighted by atomic mass is 10.3. The fraction of sp³-hybridized carbons (Fsp3) is 0.462. The summed E-state index contributed by atoms with van der Waals surface area (Å²) in [5, 5.41) is 4.26. The van der Waals surface area contributed by atoms with Crippen LogP contribution in [0.25, 0.3) is 0 Å². The first kappa shape index (κ1) is 14.1. The molecule has 4 nitrogen and oxygen atoms in total. The number of nitrogens with two attached hydrogens (primary N) is 1. The van der Waals surface area contributed by atoms with Gasteiger partial charge in [-0.2, -0.15) is 4.37 Å². The molecule has 104 valence electrons. The van der Waals surface area contributed by atoms with Gasteiger partial charge in [0.15, 0.2) is 16.6 Å². The van der Waals surface area contributed by atoms with Crippen molar-refractivity contribution in [2.45, 2.75) is 39.8 Å². The van der Waals surface area contributed by atoms with Crippen LogP contribution in [0.15, 0.2) is 12.1 Å². The van der Waals surface area contributed by atoms with Crippen LogP contribution in [-0.2, 0) is 13.0 Å². The largest absolute Gasteiger partial charge is 0.484 e. The van der Waals surface area contributed by atoms with Crippen molar-refractivity contribution in [3.05, 3.63) is 21.9 Å². The molecule has 2 aromatic rings. The molecule has 0 unspecified atom stereocenters. The minimum atomic E-state index is 0.0904. The molecule has 0 saturated heterocycles. The summed E-state index contributed by atoms with van der Waals surface area (Å²) in [5.41, 5.74) is 5.82. The lowest BCUT2D eigenvalue weighted by Gasteiger charge is -2.11. The zero-order valence-electron chi connectivity index (χ0n) is 11.4. The van der Waals surface area contributed by atoms with Gasteiger partial charge in [0.25, 0.3) is 0 Å². The normalized spacial score (nSPS) is 10.9. The van der Waals surface area contributed by atoms with Crippen molar-refractivity contribution in [1.29, 1.82) is 0 Å². The van der Waals surface area contributed by atoms with E-state index in [-0.39, 0.29) is 6.10 Å². The molecular formula is C13H19N3OS2. The number of hydrogen-bond acceptors (Lipinski definition) is 6. The highest BCUT2D eigenvalue weighted by molar-refractivity contribution is 7.12. The predicted molar refractivity (Wildman–Crippen MR) is 83.3 cm³/mol. The SMILES string of the molecule is CCc1ccc(CNc2snc(N)c2OC(C)C)s1. The topological polar surface area (TPSA) is 60.2 Å². The first-order valence-electron chi connectivity index (χ1n) is 6.33. The summed E-state index contributed by atoms with van der Waals surface area (Å²) in [4.78, 5) is 2.71. The molecule has 0 aliphatic heterocycles. The third-order valence-electron chi connectivity index (χ3n) is 2.52. The second-order valence-electron chi connectivity index (χ2n) is 4.47. The molecule has 2 heterocycles. The standard InChI is InChI=1S/C13H19N3OS2/c1-4-9-5-6-10(18-9)7-15-13-11(17-8(2)3)12(14)16-19-13/h5-6,8,15H,4,7H2,1-3H3,(H2,14,16). The van der Waals surface area contributed by atoms with Gasteiger partial charge in [-0.05, 0) is 43.9 Å². The molecule has 6 heteroatoms. The fourth-order valence-electron chi connectivity index (χ4n) is 1.63. The quantitative estimate of drug-likeness (QED) is 0.852. The number of nitrogen functional groups attached to an aromatic ring is 1. The summed E-state index contributed by atoms with van der Waals surface area (Å²) in [6, 6.07) is 4.33. The van der Waals surface area contributed by atoms with Crippen molar-refractivity contribution in [2.75, 3.05) is 11.1 Å². The molecule has 0 radical (unpaired) electrons. The van der Waals surface area contributed by atoms with Gasteiger partial charge in [0.05, 0.1) is 12.6 Å². The van der Waals surface area contributed by atoms with E-state index in [1.165, 1.54) is 21.3 Å². The summed E-state index contributed by atoms with van der Waals surface area (Å²) in [6.07, 6.45) is 1.17. The first-order valence-corrected chi connectivity index (χ1v) is 7.92. The number of rotatable bonds is 6. The summed E-state index contributed by atoms with van der Waals surface area (Å²) in [7, 11) is 0. The van der Waals surface area contributed by atoms with Crippen molar-refractivity contribution < 1.29 is 4.74 Å². The third-order valence-corrected chi connectivity index (χ3v) is 4.55. The number of ether oxygens (including phenoxy) is 1. The number of nitrogens with one attached hydrogen (secondary N) is 1. The Morgan fingerprint density at radius 3 is 2.74 bits per heavy atom. The van der Waals surface area contributed by atoms with E-state index in [9.17, 15) is 0 Å². The number of aromatic nitrogens is 1. The molecule has 0 fully saturated rings. The summed E-state index contributed by atoms with van der Waals surface area (Å²) in [5.74, 6) is 1.13. The maximum atomic E-state index is 5.82. The highest BCUT2D eigenvalue weighted by Gasteiger charge is 2.14. The van der Waals surface area contributed by atoms with Gasteiger partial charge < -0.3 is 15.8 Å². The van der Waals surface area contributed by atoms with E-state index in [0.717, 1.165) is 18.0 Å². The van der Waals surface area contributed by atoms with Gasteiger partial charge in [-0.25, -0.2) is 0 Å². The monoisotopic (exact) mass is 297 g/mol. The number of nitrogens with zero attached hydrogens (tertiary/aromatic N) is 1. The van der Waals surface area contributed by atoms with Crippen LogP contribution >= 0.6 is 22.9 Å². The third kappa shape index (κ3) is 3.61. The number of anilines is 2. The van der Waals surface area contributed by atoms with Gasteiger partial charge in [0.2, 0.25) is 0 Å². The molecule has 0 aliphatic carbocycles. The van der Waals surface area contributed by atoms with E-state index in [1.807, 2.05) is 25.2 Å². The minimum Gasteiger partial charge on any atom is -0.484 e. The molecule has 2 rings (SSSR count).